The van der Waals surface area contributed by atoms with E-state index < -0.39 is 23.8 Å². The number of primary amides is 1. The molecule has 3 aromatic rings. The smallest absolute Gasteiger partial charge is 0.273 e. The fraction of sp³-hybridized carbons (Fsp3) is 0.280. The highest BCUT2D eigenvalue weighted by Gasteiger charge is 2.37. The zero-order valence-corrected chi connectivity index (χ0v) is 21.5. The number of para-hydroxylation sites is 2. The zero-order valence-electron chi connectivity index (χ0n) is 20.7. The van der Waals surface area contributed by atoms with Crippen molar-refractivity contribution in [3.8, 4) is 11.5 Å². The lowest BCUT2D eigenvalue weighted by Crippen LogP contribution is -2.45. The van der Waals surface area contributed by atoms with E-state index in [0.717, 1.165) is 11.5 Å². The van der Waals surface area contributed by atoms with Crippen LogP contribution in [0.2, 0.25) is 0 Å². The minimum absolute atomic E-state index is 0.0386. The van der Waals surface area contributed by atoms with Crippen molar-refractivity contribution in [2.45, 2.75) is 13.0 Å². The number of hydrogen-bond acceptors (Lipinski definition) is 9. The van der Waals surface area contributed by atoms with Crippen LogP contribution in [0.25, 0.3) is 0 Å². The molecular weight excluding hydrogens is 498 g/mol. The third-order valence-corrected chi connectivity index (χ3v) is 6.19. The molecule has 5 N–H and O–H groups in total. The van der Waals surface area contributed by atoms with Gasteiger partial charge in [0.2, 0.25) is 5.91 Å². The molecule has 1 atom stereocenters. The number of rotatable bonds is 12. The molecule has 0 saturated heterocycles. The van der Waals surface area contributed by atoms with Gasteiger partial charge in [0.15, 0.2) is 5.69 Å². The van der Waals surface area contributed by atoms with Gasteiger partial charge in [-0.1, -0.05) is 24.3 Å². The lowest BCUT2D eigenvalue weighted by atomic mass is 10.0. The number of aromatic nitrogens is 1. The van der Waals surface area contributed by atoms with Crippen LogP contribution in [0.15, 0.2) is 48.5 Å². The first kappa shape index (κ1) is 27.4. The van der Waals surface area contributed by atoms with E-state index in [2.05, 4.69) is 9.69 Å². The Labute approximate surface area is 218 Å². The van der Waals surface area contributed by atoms with Crippen LogP contribution < -0.4 is 31.2 Å². The van der Waals surface area contributed by atoms with Gasteiger partial charge in [0.1, 0.15) is 22.4 Å². The molecule has 0 spiro atoms. The average molecular weight is 528 g/mol. The van der Waals surface area contributed by atoms with Crippen LogP contribution in [0.3, 0.4) is 0 Å². The Hall–Kier alpha value is -4.16. The third-order valence-electron chi connectivity index (χ3n) is 5.34. The van der Waals surface area contributed by atoms with Crippen LogP contribution in [-0.2, 0) is 9.53 Å². The van der Waals surface area contributed by atoms with Crippen LogP contribution in [-0.4, -0.2) is 56.1 Å². The summed E-state index contributed by atoms with van der Waals surface area (Å²) in [7, 11) is 3.05. The summed E-state index contributed by atoms with van der Waals surface area (Å²) >= 11 is 0.727. The topological polar surface area (TPSA) is 159 Å². The molecule has 0 bridgehead atoms. The molecule has 0 radical (unpaired) electrons. The number of anilines is 2. The maximum absolute atomic E-state index is 14.1. The number of ether oxygens (including phenoxy) is 3. The molecule has 37 heavy (non-hydrogen) atoms. The van der Waals surface area contributed by atoms with Crippen molar-refractivity contribution in [1.82, 2.24) is 9.69 Å². The number of nitrogens with zero attached hydrogens (tertiary/aromatic N) is 2. The average Bonchev–Trinajstić information content (AvgIpc) is 3.29. The van der Waals surface area contributed by atoms with Gasteiger partial charge in [-0.3, -0.25) is 19.3 Å². The molecule has 0 saturated carbocycles. The van der Waals surface area contributed by atoms with Gasteiger partial charge in [0.25, 0.3) is 11.8 Å². The van der Waals surface area contributed by atoms with E-state index in [1.807, 2.05) is 6.92 Å². The molecule has 0 aliphatic carbocycles. The molecule has 0 unspecified atom stereocenters. The number of amides is 3. The van der Waals surface area contributed by atoms with Gasteiger partial charge in [0, 0.05) is 13.7 Å². The highest BCUT2D eigenvalue weighted by Crippen LogP contribution is 2.38. The van der Waals surface area contributed by atoms with Gasteiger partial charge in [-0.25, -0.2) is 0 Å². The molecule has 2 aromatic carbocycles. The standard InChI is InChI=1S/C25H29N5O6S/c1-4-36-18-8-6-5-7-17(18)30(25(33)22-19(26)20(23(27)31)29-37-22)21(24(32)28-13-14-34-2)15-9-11-16(35-3)12-10-15/h5-12,21H,4,13-14,26H2,1-3H3,(H2,27,31)(H,28,32)/t21-/m1/s1. The predicted molar refractivity (Wildman–Crippen MR) is 140 cm³/mol. The van der Waals surface area contributed by atoms with E-state index in [-0.39, 0.29) is 29.4 Å². The molecule has 0 fully saturated rings. The first-order chi connectivity index (χ1) is 17.8. The molecule has 0 aliphatic heterocycles. The maximum Gasteiger partial charge on any atom is 0.273 e. The first-order valence-electron chi connectivity index (χ1n) is 11.3. The molecule has 3 amide bonds. The van der Waals surface area contributed by atoms with E-state index in [0.29, 0.717) is 29.4 Å². The number of nitrogens with one attached hydrogen (secondary N) is 1. The molecule has 11 nitrogen and oxygen atoms in total. The fourth-order valence-electron chi connectivity index (χ4n) is 3.61. The number of methoxy groups -OCH3 is 2. The second-order valence-electron chi connectivity index (χ2n) is 7.67. The van der Waals surface area contributed by atoms with Gasteiger partial charge in [-0.05, 0) is 48.3 Å². The van der Waals surface area contributed by atoms with Crippen LogP contribution >= 0.6 is 11.5 Å². The highest BCUT2D eigenvalue weighted by molar-refractivity contribution is 7.09. The van der Waals surface area contributed by atoms with E-state index in [1.165, 1.54) is 19.1 Å². The second-order valence-corrected chi connectivity index (χ2v) is 8.45. The molecular formula is C25H29N5O6S. The van der Waals surface area contributed by atoms with Gasteiger partial charge in [0.05, 0.1) is 31.7 Å². The van der Waals surface area contributed by atoms with E-state index in [1.54, 1.807) is 48.5 Å². The van der Waals surface area contributed by atoms with Gasteiger partial charge < -0.3 is 31.0 Å². The van der Waals surface area contributed by atoms with Crippen LogP contribution in [0.5, 0.6) is 11.5 Å². The summed E-state index contributed by atoms with van der Waals surface area (Å²) in [5.41, 5.74) is 11.9. The van der Waals surface area contributed by atoms with Crippen molar-refractivity contribution in [2.24, 2.45) is 5.73 Å². The lowest BCUT2D eigenvalue weighted by molar-refractivity contribution is -0.122. The minimum atomic E-state index is -1.16. The Morgan fingerprint density at radius 1 is 1.11 bits per heavy atom. The Morgan fingerprint density at radius 3 is 2.41 bits per heavy atom. The van der Waals surface area contributed by atoms with Crippen molar-refractivity contribution >= 4 is 40.6 Å². The normalized spacial score (nSPS) is 11.4. The van der Waals surface area contributed by atoms with Crippen molar-refractivity contribution in [2.75, 3.05) is 44.6 Å². The third kappa shape index (κ3) is 6.16. The van der Waals surface area contributed by atoms with Gasteiger partial charge in [-0.15, -0.1) is 0 Å². The summed E-state index contributed by atoms with van der Waals surface area (Å²) in [6.07, 6.45) is 0. The number of carbonyl (C=O) groups is 3. The number of hydrogen-bond donors (Lipinski definition) is 3. The van der Waals surface area contributed by atoms with E-state index in [9.17, 15) is 14.4 Å². The number of carbonyl (C=O) groups excluding carboxylic acids is 3. The van der Waals surface area contributed by atoms with E-state index >= 15 is 0 Å². The molecule has 12 heteroatoms. The Bertz CT molecular complexity index is 1250. The Morgan fingerprint density at radius 2 is 1.81 bits per heavy atom. The zero-order chi connectivity index (χ0) is 26.9. The van der Waals surface area contributed by atoms with Gasteiger partial charge >= 0.3 is 0 Å². The van der Waals surface area contributed by atoms with Crippen molar-refractivity contribution in [3.05, 3.63) is 64.7 Å². The van der Waals surface area contributed by atoms with Crippen LogP contribution in [0, 0.1) is 0 Å². The molecule has 3 rings (SSSR count). The highest BCUT2D eigenvalue weighted by atomic mass is 32.1. The summed E-state index contributed by atoms with van der Waals surface area (Å²) < 4.78 is 20.1. The van der Waals surface area contributed by atoms with Crippen molar-refractivity contribution in [1.29, 1.82) is 0 Å². The summed E-state index contributed by atoms with van der Waals surface area (Å²) in [6.45, 7) is 2.61. The van der Waals surface area contributed by atoms with Gasteiger partial charge in [-0.2, -0.15) is 4.37 Å². The van der Waals surface area contributed by atoms with Crippen molar-refractivity contribution < 1.29 is 28.6 Å². The summed E-state index contributed by atoms with van der Waals surface area (Å²) in [5, 5.41) is 2.81. The SMILES string of the molecule is CCOc1ccccc1N(C(=O)c1snc(C(N)=O)c1N)[C@@H](C(=O)NCCOC)c1ccc(OC)cc1. The van der Waals surface area contributed by atoms with Crippen LogP contribution in [0.4, 0.5) is 11.4 Å². The molecule has 196 valence electrons. The number of nitrogens with two attached hydrogens (primary N) is 2. The van der Waals surface area contributed by atoms with Crippen LogP contribution in [0.1, 0.15) is 38.7 Å². The fourth-order valence-corrected chi connectivity index (χ4v) is 4.36. The Kier molecular flexibility index (Phi) is 9.41. The summed E-state index contributed by atoms with van der Waals surface area (Å²) in [6, 6.07) is 12.4. The summed E-state index contributed by atoms with van der Waals surface area (Å²) in [4.78, 5) is 40.8. The number of benzene rings is 2. The quantitative estimate of drug-likeness (QED) is 0.303. The van der Waals surface area contributed by atoms with Crippen molar-refractivity contribution in [3.63, 3.8) is 0 Å². The Balaban J connectivity index is 2.23. The molecule has 1 heterocycles. The minimum Gasteiger partial charge on any atom is -0.497 e. The second kappa shape index (κ2) is 12.7. The summed E-state index contributed by atoms with van der Waals surface area (Å²) in [5.74, 6) is -1.04. The first-order valence-corrected chi connectivity index (χ1v) is 12.1. The number of nitrogen functional groups attached to an aromatic ring is 1. The predicted octanol–water partition coefficient (Wildman–Crippen LogP) is 2.38. The molecule has 0 aliphatic rings. The lowest BCUT2D eigenvalue weighted by Gasteiger charge is -2.32. The largest absolute Gasteiger partial charge is 0.497 e. The molecule has 1 aromatic heterocycles. The van der Waals surface area contributed by atoms with E-state index in [4.69, 9.17) is 25.7 Å². The monoisotopic (exact) mass is 527 g/mol. The maximum atomic E-state index is 14.1.